The van der Waals surface area contributed by atoms with E-state index in [9.17, 15) is 19.2 Å². The monoisotopic (exact) mass is 316 g/mol. The summed E-state index contributed by atoms with van der Waals surface area (Å²) in [4.78, 5) is 50.2. The molecule has 1 fully saturated rings. The molecule has 118 valence electrons. The lowest BCUT2D eigenvalue weighted by Crippen LogP contribution is -2.49. The summed E-state index contributed by atoms with van der Waals surface area (Å²) in [5.41, 5.74) is 0.557. The van der Waals surface area contributed by atoms with Gasteiger partial charge in [0.15, 0.2) is 0 Å². The van der Waals surface area contributed by atoms with E-state index in [1.807, 2.05) is 0 Å². The van der Waals surface area contributed by atoms with Crippen molar-refractivity contribution in [2.24, 2.45) is 0 Å². The Bertz CT molecular complexity index is 651. The molecule has 0 bridgehead atoms. The Labute approximate surface area is 132 Å². The van der Waals surface area contributed by atoms with Gasteiger partial charge < -0.3 is 9.31 Å². The van der Waals surface area contributed by atoms with Crippen LogP contribution in [0.1, 0.15) is 20.7 Å². The highest BCUT2D eigenvalue weighted by atomic mass is 16.6. The van der Waals surface area contributed by atoms with Crippen molar-refractivity contribution in [3.63, 3.8) is 0 Å². The van der Waals surface area contributed by atoms with Crippen LogP contribution in [0.15, 0.2) is 24.3 Å². The molecule has 0 aromatic heterocycles. The van der Waals surface area contributed by atoms with E-state index in [0.717, 1.165) is 4.90 Å². The first-order valence-electron chi connectivity index (χ1n) is 6.98. The van der Waals surface area contributed by atoms with E-state index < -0.39 is 30.9 Å². The molecule has 2 aliphatic heterocycles. The number of rotatable bonds is 2. The maximum Gasteiger partial charge on any atom is 0.620 e. The highest BCUT2D eigenvalue weighted by molar-refractivity contribution is 6.50. The number of imide groups is 1. The lowest BCUT2D eigenvalue weighted by Gasteiger charge is -2.24. The van der Waals surface area contributed by atoms with Gasteiger partial charge in [-0.25, -0.2) is 0 Å². The zero-order valence-corrected chi connectivity index (χ0v) is 12.4. The Morgan fingerprint density at radius 3 is 1.91 bits per heavy atom. The number of fused-ring (bicyclic) bond motifs is 1. The maximum absolute atomic E-state index is 12.3. The van der Waals surface area contributed by atoms with Gasteiger partial charge in [0.25, 0.3) is 11.8 Å². The second-order valence-corrected chi connectivity index (χ2v) is 5.35. The second-order valence-electron chi connectivity index (χ2n) is 5.35. The van der Waals surface area contributed by atoms with Crippen LogP contribution in [0.25, 0.3) is 0 Å². The fourth-order valence-corrected chi connectivity index (χ4v) is 2.52. The van der Waals surface area contributed by atoms with Gasteiger partial charge in [-0.3, -0.25) is 29.0 Å². The molecule has 9 heteroatoms. The van der Waals surface area contributed by atoms with Gasteiger partial charge in [-0.1, -0.05) is 12.1 Å². The van der Waals surface area contributed by atoms with Crippen molar-refractivity contribution < 1.29 is 28.5 Å². The smallest absolute Gasteiger partial charge is 0.497 e. The zero-order chi connectivity index (χ0) is 16.6. The van der Waals surface area contributed by atoms with Crippen molar-refractivity contribution in [3.05, 3.63) is 35.4 Å². The number of hydrogen-bond donors (Lipinski definition) is 0. The fourth-order valence-electron chi connectivity index (χ4n) is 2.52. The molecule has 2 heterocycles. The molecule has 0 radical (unpaired) electrons. The van der Waals surface area contributed by atoms with E-state index >= 15 is 0 Å². The van der Waals surface area contributed by atoms with Gasteiger partial charge in [-0.2, -0.15) is 0 Å². The van der Waals surface area contributed by atoms with E-state index in [-0.39, 0.29) is 30.7 Å². The van der Waals surface area contributed by atoms with Crippen molar-refractivity contribution in [1.82, 2.24) is 9.80 Å². The van der Waals surface area contributed by atoms with Gasteiger partial charge in [0.1, 0.15) is 0 Å². The van der Waals surface area contributed by atoms with Crippen molar-refractivity contribution in [2.45, 2.75) is 0 Å². The van der Waals surface area contributed by atoms with Gasteiger partial charge in [-0.05, 0) is 19.2 Å². The zero-order valence-electron chi connectivity index (χ0n) is 12.4. The number of amides is 2. The molecular formula is C14H13BN2O6. The fraction of sp³-hybridized carbons (Fsp3) is 0.286. The van der Waals surface area contributed by atoms with Gasteiger partial charge >= 0.3 is 19.1 Å². The molecule has 3 rings (SSSR count). The molecule has 23 heavy (non-hydrogen) atoms. The summed E-state index contributed by atoms with van der Waals surface area (Å²) >= 11 is 0. The molecule has 1 saturated heterocycles. The van der Waals surface area contributed by atoms with E-state index in [0.29, 0.717) is 0 Å². The minimum atomic E-state index is -1.30. The molecule has 8 nitrogen and oxygen atoms in total. The minimum Gasteiger partial charge on any atom is -0.497 e. The van der Waals surface area contributed by atoms with E-state index in [2.05, 4.69) is 0 Å². The minimum absolute atomic E-state index is 0.0757. The number of hydrogen-bond acceptors (Lipinski definition) is 7. The van der Waals surface area contributed by atoms with Crippen LogP contribution >= 0.6 is 0 Å². The van der Waals surface area contributed by atoms with Crippen molar-refractivity contribution in [1.29, 1.82) is 0 Å². The molecule has 0 unspecified atom stereocenters. The van der Waals surface area contributed by atoms with Gasteiger partial charge in [0.2, 0.25) is 0 Å². The Kier molecular flexibility index (Phi) is 3.87. The molecule has 2 amide bonds. The molecular weight excluding hydrogens is 303 g/mol. The maximum atomic E-state index is 12.3. The van der Waals surface area contributed by atoms with Crippen LogP contribution in [-0.4, -0.2) is 67.3 Å². The third-order valence-corrected chi connectivity index (χ3v) is 3.53. The molecule has 2 aliphatic rings. The normalized spacial score (nSPS) is 19.2. The Balaban J connectivity index is 1.76. The standard InChI is InChI=1S/C14H13BN2O6/c1-16-6-11(18)22-15(23-12(19)7-16)8-17-13(20)9-4-2-3-5-10(9)14(17)21/h2-5H,6-8H2,1H3. The Morgan fingerprint density at radius 1 is 0.957 bits per heavy atom. The number of carbonyl (C=O) groups excluding carboxylic acids is 4. The molecule has 0 atom stereocenters. The van der Waals surface area contributed by atoms with Crippen LogP contribution in [0.4, 0.5) is 0 Å². The quantitative estimate of drug-likeness (QED) is 0.528. The SMILES string of the molecule is CN1CC(=O)OB(CN2C(=O)c3ccccc3C2=O)OC(=O)C1. The summed E-state index contributed by atoms with van der Waals surface area (Å²) in [7, 11) is 0.276. The lowest BCUT2D eigenvalue weighted by atomic mass is 9.88. The molecule has 1 aromatic carbocycles. The third kappa shape index (κ3) is 2.95. The first-order chi connectivity index (χ1) is 11.0. The summed E-state index contributed by atoms with van der Waals surface area (Å²) in [5, 5.41) is 0. The van der Waals surface area contributed by atoms with Crippen LogP contribution in [0.3, 0.4) is 0 Å². The van der Waals surface area contributed by atoms with E-state index in [1.54, 1.807) is 31.3 Å². The van der Waals surface area contributed by atoms with Gasteiger partial charge in [-0.15, -0.1) is 0 Å². The van der Waals surface area contributed by atoms with Crippen molar-refractivity contribution >= 4 is 30.9 Å². The molecule has 0 N–H and O–H groups in total. The van der Waals surface area contributed by atoms with Crippen LogP contribution in [0.2, 0.25) is 0 Å². The van der Waals surface area contributed by atoms with Crippen LogP contribution in [0.5, 0.6) is 0 Å². The number of benzene rings is 1. The number of nitrogens with zero attached hydrogens (tertiary/aromatic N) is 2. The van der Waals surface area contributed by atoms with Crippen LogP contribution in [-0.2, 0) is 18.9 Å². The first-order valence-corrected chi connectivity index (χ1v) is 6.98. The van der Waals surface area contributed by atoms with Crippen LogP contribution in [0, 0.1) is 0 Å². The predicted octanol–water partition coefficient (Wildman–Crippen LogP) is -0.658. The summed E-state index contributed by atoms with van der Waals surface area (Å²) in [5.74, 6) is -2.20. The predicted molar refractivity (Wildman–Crippen MR) is 77.2 cm³/mol. The molecule has 0 spiro atoms. The van der Waals surface area contributed by atoms with Gasteiger partial charge in [0, 0.05) is 0 Å². The highest BCUT2D eigenvalue weighted by Crippen LogP contribution is 2.22. The second kappa shape index (κ2) is 5.84. The average Bonchev–Trinajstić information content (AvgIpc) is 2.71. The van der Waals surface area contributed by atoms with E-state index in [1.165, 1.54) is 4.90 Å². The van der Waals surface area contributed by atoms with E-state index in [4.69, 9.17) is 9.31 Å². The summed E-state index contributed by atoms with van der Waals surface area (Å²) in [6.07, 6.45) is -0.326. The molecule has 1 aromatic rings. The summed E-state index contributed by atoms with van der Waals surface area (Å²) in [6.45, 7) is -0.151. The average molecular weight is 316 g/mol. The Morgan fingerprint density at radius 2 is 1.43 bits per heavy atom. The summed E-state index contributed by atoms with van der Waals surface area (Å²) < 4.78 is 10.0. The third-order valence-electron chi connectivity index (χ3n) is 3.53. The summed E-state index contributed by atoms with van der Waals surface area (Å²) in [6, 6.07) is 6.39. The van der Waals surface area contributed by atoms with Gasteiger partial charge in [0.05, 0.1) is 30.7 Å². The molecule has 0 saturated carbocycles. The van der Waals surface area contributed by atoms with Crippen LogP contribution < -0.4 is 0 Å². The Hall–Kier alpha value is -2.68. The number of carbonyl (C=O) groups is 4. The van der Waals surface area contributed by atoms with Crippen molar-refractivity contribution in [2.75, 3.05) is 26.6 Å². The highest BCUT2D eigenvalue weighted by Gasteiger charge is 2.42. The largest absolute Gasteiger partial charge is 0.620 e. The lowest BCUT2D eigenvalue weighted by molar-refractivity contribution is -0.145. The molecule has 0 aliphatic carbocycles. The first kappa shape index (κ1) is 15.2. The topological polar surface area (TPSA) is 93.2 Å². The number of likely N-dealkylation sites (N-methyl/N-ethyl adjacent to an activating group) is 1. The van der Waals surface area contributed by atoms with Crippen molar-refractivity contribution in [3.8, 4) is 0 Å².